The van der Waals surface area contributed by atoms with Crippen LogP contribution in [-0.2, 0) is 23.8 Å². The molecule has 33 heavy (non-hydrogen) atoms. The lowest BCUT2D eigenvalue weighted by Crippen LogP contribution is -2.48. The summed E-state index contributed by atoms with van der Waals surface area (Å²) < 4.78 is 17.7. The first-order valence-corrected chi connectivity index (χ1v) is 12.6. The fraction of sp³-hybridized carbons (Fsp3) is 0.840. The predicted molar refractivity (Wildman–Crippen MR) is 127 cm³/mol. The molecule has 8 nitrogen and oxygen atoms in total. The minimum absolute atomic E-state index is 0.0446. The normalized spacial score (nSPS) is 27.0. The standard InChI is InChI=1S/C25H44N2O6/c1-4-5-9-20-10-6-14-25(32-20)15-7-11-21(33-25)12-8-16-26-24(30)19(2)22(28)18-27-23(29)13-17-31-3/h4,19-22,28H,1,5-18H2,2-3H3,(H,26,30)(H,27,29)/t19-,20+,21-,22-,25?/m0/s1. The highest BCUT2D eigenvalue weighted by atomic mass is 16.7. The molecule has 0 aromatic rings. The van der Waals surface area contributed by atoms with Crippen LogP contribution in [0.4, 0.5) is 0 Å². The van der Waals surface area contributed by atoms with Crippen molar-refractivity contribution in [1.82, 2.24) is 10.6 Å². The van der Waals surface area contributed by atoms with Crippen molar-refractivity contribution in [1.29, 1.82) is 0 Å². The van der Waals surface area contributed by atoms with Crippen molar-refractivity contribution < 1.29 is 28.9 Å². The van der Waals surface area contributed by atoms with Crippen LogP contribution in [0.3, 0.4) is 0 Å². The molecule has 2 heterocycles. The maximum Gasteiger partial charge on any atom is 0.225 e. The third-order valence-electron chi connectivity index (χ3n) is 6.66. The van der Waals surface area contributed by atoms with E-state index in [4.69, 9.17) is 14.2 Å². The zero-order valence-corrected chi connectivity index (χ0v) is 20.5. The van der Waals surface area contributed by atoms with E-state index in [-0.39, 0.29) is 37.0 Å². The SMILES string of the molecule is C=CCC[C@@H]1CCCC2(CCC[C@@H](CCCNC(=O)[C@@H](C)[C@@H](O)CNC(=O)CCOC)O2)O1. The van der Waals surface area contributed by atoms with Crippen LogP contribution in [0.2, 0.25) is 0 Å². The first kappa shape index (κ1) is 27.8. The van der Waals surface area contributed by atoms with Gasteiger partial charge in [-0.3, -0.25) is 9.59 Å². The number of ether oxygens (including phenoxy) is 3. The Labute approximate surface area is 198 Å². The van der Waals surface area contributed by atoms with Crippen LogP contribution in [0.5, 0.6) is 0 Å². The van der Waals surface area contributed by atoms with E-state index in [1.807, 2.05) is 6.08 Å². The van der Waals surface area contributed by atoms with Gasteiger partial charge in [0.1, 0.15) is 0 Å². The molecular formula is C25H44N2O6. The van der Waals surface area contributed by atoms with Crippen LogP contribution >= 0.6 is 0 Å². The maximum absolute atomic E-state index is 12.4. The molecule has 2 aliphatic heterocycles. The molecule has 0 saturated carbocycles. The Kier molecular flexibility index (Phi) is 12.4. The molecule has 1 spiro atoms. The minimum Gasteiger partial charge on any atom is -0.390 e. The van der Waals surface area contributed by atoms with Gasteiger partial charge in [-0.1, -0.05) is 13.0 Å². The number of nitrogens with one attached hydrogen (secondary N) is 2. The highest BCUT2D eigenvalue weighted by Gasteiger charge is 2.42. The van der Waals surface area contributed by atoms with Crippen LogP contribution in [0.15, 0.2) is 12.7 Å². The van der Waals surface area contributed by atoms with Crippen molar-refractivity contribution >= 4 is 11.8 Å². The Morgan fingerprint density at radius 1 is 1.18 bits per heavy atom. The largest absolute Gasteiger partial charge is 0.390 e. The third kappa shape index (κ3) is 9.73. The smallest absolute Gasteiger partial charge is 0.225 e. The summed E-state index contributed by atoms with van der Waals surface area (Å²) in [5, 5.41) is 15.7. The average molecular weight is 469 g/mol. The second-order valence-electron chi connectivity index (χ2n) is 9.38. The molecule has 2 rings (SSSR count). The van der Waals surface area contributed by atoms with Crippen molar-refractivity contribution in [2.75, 3.05) is 26.8 Å². The molecule has 0 aromatic carbocycles. The molecule has 0 aromatic heterocycles. The Morgan fingerprint density at radius 3 is 2.48 bits per heavy atom. The number of hydrogen-bond acceptors (Lipinski definition) is 6. The lowest BCUT2D eigenvalue weighted by Gasteiger charge is -2.46. The quantitative estimate of drug-likeness (QED) is 0.267. The fourth-order valence-corrected chi connectivity index (χ4v) is 4.58. The molecule has 3 N–H and O–H groups in total. The number of amides is 2. The second kappa shape index (κ2) is 14.7. The van der Waals surface area contributed by atoms with Gasteiger partial charge in [-0.15, -0.1) is 6.58 Å². The summed E-state index contributed by atoms with van der Waals surface area (Å²) in [6.45, 7) is 6.38. The summed E-state index contributed by atoms with van der Waals surface area (Å²) in [6, 6.07) is 0. The molecule has 8 heteroatoms. The van der Waals surface area contributed by atoms with Gasteiger partial charge in [0, 0.05) is 39.5 Å². The Hall–Kier alpha value is -1.48. The van der Waals surface area contributed by atoms with Gasteiger partial charge < -0.3 is 30.0 Å². The topological polar surface area (TPSA) is 106 Å². The number of allylic oxidation sites excluding steroid dienone is 1. The molecule has 1 unspecified atom stereocenters. The van der Waals surface area contributed by atoms with Crippen LogP contribution in [0.1, 0.15) is 77.6 Å². The fourth-order valence-electron chi connectivity index (χ4n) is 4.58. The molecule has 2 saturated heterocycles. The zero-order valence-electron chi connectivity index (χ0n) is 20.5. The maximum atomic E-state index is 12.4. The number of carbonyl (C=O) groups is 2. The highest BCUT2D eigenvalue weighted by Crippen LogP contribution is 2.40. The van der Waals surface area contributed by atoms with Gasteiger partial charge in [0.25, 0.3) is 0 Å². The number of methoxy groups -OCH3 is 1. The second-order valence-corrected chi connectivity index (χ2v) is 9.38. The average Bonchev–Trinajstić information content (AvgIpc) is 2.82. The number of carbonyl (C=O) groups excluding carboxylic acids is 2. The number of aliphatic hydroxyl groups is 1. The molecule has 2 amide bonds. The summed E-state index contributed by atoms with van der Waals surface area (Å²) in [7, 11) is 1.53. The van der Waals surface area contributed by atoms with Crippen molar-refractivity contribution in [2.45, 2.75) is 102 Å². The number of rotatable bonds is 14. The Bertz CT molecular complexity index is 612. The van der Waals surface area contributed by atoms with Gasteiger partial charge in [-0.25, -0.2) is 0 Å². The molecule has 2 aliphatic rings. The van der Waals surface area contributed by atoms with Crippen LogP contribution < -0.4 is 10.6 Å². The van der Waals surface area contributed by atoms with Crippen molar-refractivity contribution in [2.24, 2.45) is 5.92 Å². The highest BCUT2D eigenvalue weighted by molar-refractivity contribution is 5.79. The molecular weight excluding hydrogens is 424 g/mol. The van der Waals surface area contributed by atoms with Gasteiger partial charge in [-0.05, 0) is 51.4 Å². The van der Waals surface area contributed by atoms with Crippen LogP contribution in [0, 0.1) is 5.92 Å². The van der Waals surface area contributed by atoms with Gasteiger partial charge in [0.15, 0.2) is 5.79 Å². The van der Waals surface area contributed by atoms with E-state index in [2.05, 4.69) is 17.2 Å². The third-order valence-corrected chi connectivity index (χ3v) is 6.66. The lowest BCUT2D eigenvalue weighted by molar-refractivity contribution is -0.315. The summed E-state index contributed by atoms with van der Waals surface area (Å²) >= 11 is 0. The predicted octanol–water partition coefficient (Wildman–Crippen LogP) is 2.83. The van der Waals surface area contributed by atoms with Gasteiger partial charge in [-0.2, -0.15) is 0 Å². The van der Waals surface area contributed by atoms with Crippen molar-refractivity contribution in [3.63, 3.8) is 0 Å². The van der Waals surface area contributed by atoms with Crippen LogP contribution in [-0.4, -0.2) is 67.8 Å². The summed E-state index contributed by atoms with van der Waals surface area (Å²) in [5.41, 5.74) is 0. The number of hydrogen-bond donors (Lipinski definition) is 3. The van der Waals surface area contributed by atoms with Crippen molar-refractivity contribution in [3.8, 4) is 0 Å². The molecule has 0 bridgehead atoms. The van der Waals surface area contributed by atoms with Crippen molar-refractivity contribution in [3.05, 3.63) is 12.7 Å². The van der Waals surface area contributed by atoms with E-state index < -0.39 is 17.8 Å². The van der Waals surface area contributed by atoms with Crippen LogP contribution in [0.25, 0.3) is 0 Å². The molecule has 0 radical (unpaired) electrons. The molecule has 0 aliphatic carbocycles. The van der Waals surface area contributed by atoms with Gasteiger partial charge >= 0.3 is 0 Å². The first-order valence-electron chi connectivity index (χ1n) is 12.6. The molecule has 2 fully saturated rings. The molecule has 5 atom stereocenters. The van der Waals surface area contributed by atoms with E-state index in [9.17, 15) is 14.7 Å². The zero-order chi connectivity index (χ0) is 24.1. The summed E-state index contributed by atoms with van der Waals surface area (Å²) in [6.07, 6.45) is 11.6. The number of aliphatic hydroxyl groups excluding tert-OH is 1. The van der Waals surface area contributed by atoms with E-state index >= 15 is 0 Å². The van der Waals surface area contributed by atoms with Gasteiger partial charge in [0.05, 0.1) is 30.8 Å². The Morgan fingerprint density at radius 2 is 1.85 bits per heavy atom. The minimum atomic E-state index is -0.935. The lowest BCUT2D eigenvalue weighted by atomic mass is 9.91. The van der Waals surface area contributed by atoms with E-state index in [0.29, 0.717) is 13.2 Å². The first-order chi connectivity index (χ1) is 15.9. The van der Waals surface area contributed by atoms with Gasteiger partial charge in [0.2, 0.25) is 11.8 Å². The van der Waals surface area contributed by atoms with E-state index in [1.54, 1.807) is 6.92 Å². The summed E-state index contributed by atoms with van der Waals surface area (Å²) in [4.78, 5) is 24.0. The molecule has 190 valence electrons. The summed E-state index contributed by atoms with van der Waals surface area (Å²) in [5.74, 6) is -1.45. The van der Waals surface area contributed by atoms with E-state index in [0.717, 1.165) is 64.2 Å². The van der Waals surface area contributed by atoms with E-state index in [1.165, 1.54) is 7.11 Å². The monoisotopic (exact) mass is 468 g/mol. The Balaban J connectivity index is 1.65.